The molecule has 1 aromatic carbocycles. The minimum atomic E-state index is -0.890. The van der Waals surface area contributed by atoms with E-state index in [1.54, 1.807) is 46.5 Å². The van der Waals surface area contributed by atoms with Crippen molar-refractivity contribution in [2.45, 2.75) is 39.8 Å². The molecule has 5 rings (SSSR count). The molecular formula is C25H25N5O4S. The quantitative estimate of drug-likeness (QED) is 0.419. The smallest absolute Gasteiger partial charge is 0.283 e. The van der Waals surface area contributed by atoms with Crippen LogP contribution >= 0.6 is 11.3 Å². The van der Waals surface area contributed by atoms with E-state index in [-0.39, 0.29) is 12.6 Å². The Morgan fingerprint density at radius 3 is 2.63 bits per heavy atom. The van der Waals surface area contributed by atoms with Crippen molar-refractivity contribution in [2.75, 3.05) is 6.61 Å². The van der Waals surface area contributed by atoms with Gasteiger partial charge < -0.3 is 9.47 Å². The molecule has 2 amide bonds. The lowest BCUT2D eigenvalue weighted by Crippen LogP contribution is -2.50. The van der Waals surface area contributed by atoms with Crippen LogP contribution in [0.25, 0.3) is 22.3 Å². The number of aryl methyl sites for hydroxylation is 2. The summed E-state index contributed by atoms with van der Waals surface area (Å²) in [5, 5.41) is 5.05. The Balaban J connectivity index is 1.41. The van der Waals surface area contributed by atoms with E-state index in [0.29, 0.717) is 33.8 Å². The van der Waals surface area contributed by atoms with Gasteiger partial charge in [-0.25, -0.2) is 9.67 Å². The average molecular weight is 492 g/mol. The number of thiophene rings is 1. The minimum Gasteiger partial charge on any atom is -0.485 e. The Bertz CT molecular complexity index is 1440. The summed E-state index contributed by atoms with van der Waals surface area (Å²) in [4.78, 5) is 33.0. The lowest BCUT2D eigenvalue weighted by atomic mass is 10.1. The largest absolute Gasteiger partial charge is 0.485 e. The van der Waals surface area contributed by atoms with Crippen LogP contribution < -0.4 is 20.3 Å². The van der Waals surface area contributed by atoms with Crippen LogP contribution in [0, 0.1) is 13.8 Å². The first-order valence-corrected chi connectivity index (χ1v) is 12.1. The normalized spacial score (nSPS) is 14.8. The number of benzene rings is 1. The maximum atomic E-state index is 13.2. The second kappa shape index (κ2) is 9.03. The molecule has 0 saturated heterocycles. The maximum Gasteiger partial charge on any atom is 0.283 e. The molecule has 3 aromatic heterocycles. The van der Waals surface area contributed by atoms with Crippen LogP contribution in [0.4, 0.5) is 0 Å². The molecule has 0 radical (unpaired) electrons. The average Bonchev–Trinajstić information content (AvgIpc) is 3.43. The van der Waals surface area contributed by atoms with Crippen LogP contribution in [0.1, 0.15) is 40.0 Å². The third-order valence-corrected chi connectivity index (χ3v) is 6.68. The summed E-state index contributed by atoms with van der Waals surface area (Å²) in [6.07, 6.45) is 0.738. The van der Waals surface area contributed by atoms with E-state index in [9.17, 15) is 9.59 Å². The standard InChI is InChI=1S/C25H25N5O4S/c1-13(2)30-23-18(11-26-30)17(10-19(27-23)16-9-14(3)35-15(16)4)24(31)28-29-25(32)22-12-33-20-7-5-6-8-21(20)34-22/h5-11,13,22H,12H2,1-4H3,(H,28,31)(H,29,32). The second-order valence-corrected chi connectivity index (χ2v) is 10.1. The highest BCUT2D eigenvalue weighted by molar-refractivity contribution is 7.12. The van der Waals surface area contributed by atoms with Gasteiger partial charge in [-0.15, -0.1) is 11.3 Å². The van der Waals surface area contributed by atoms with Gasteiger partial charge in [0.1, 0.15) is 6.61 Å². The predicted octanol–water partition coefficient (Wildman–Crippen LogP) is 3.96. The van der Waals surface area contributed by atoms with Crippen molar-refractivity contribution in [1.82, 2.24) is 25.6 Å². The summed E-state index contributed by atoms with van der Waals surface area (Å²) >= 11 is 1.68. The number of aromatic nitrogens is 3. The number of rotatable bonds is 4. The number of ether oxygens (including phenoxy) is 2. The van der Waals surface area contributed by atoms with Gasteiger partial charge in [0.2, 0.25) is 6.10 Å². The van der Waals surface area contributed by atoms with Crippen LogP contribution in [0.15, 0.2) is 42.6 Å². The first-order chi connectivity index (χ1) is 16.8. The first kappa shape index (κ1) is 22.9. The molecule has 1 aliphatic rings. The highest BCUT2D eigenvalue weighted by Crippen LogP contribution is 2.33. The summed E-state index contributed by atoms with van der Waals surface area (Å²) in [7, 11) is 0. The molecule has 0 aliphatic carbocycles. The van der Waals surface area contributed by atoms with Gasteiger partial charge in [-0.2, -0.15) is 5.10 Å². The number of para-hydroxylation sites is 2. The van der Waals surface area contributed by atoms with E-state index >= 15 is 0 Å². The Morgan fingerprint density at radius 2 is 1.91 bits per heavy atom. The van der Waals surface area contributed by atoms with Gasteiger partial charge >= 0.3 is 0 Å². The molecule has 1 unspecified atom stereocenters. The Morgan fingerprint density at radius 1 is 1.14 bits per heavy atom. The number of amides is 2. The van der Waals surface area contributed by atoms with E-state index in [0.717, 1.165) is 15.3 Å². The molecule has 2 N–H and O–H groups in total. The van der Waals surface area contributed by atoms with Crippen LogP contribution in [-0.2, 0) is 4.79 Å². The Labute approximate surface area is 206 Å². The van der Waals surface area contributed by atoms with Crippen molar-refractivity contribution in [3.63, 3.8) is 0 Å². The number of hydrazine groups is 1. The van der Waals surface area contributed by atoms with E-state index in [2.05, 4.69) is 22.0 Å². The fourth-order valence-electron chi connectivity index (χ4n) is 4.02. The topological polar surface area (TPSA) is 107 Å². The van der Waals surface area contributed by atoms with Crippen molar-refractivity contribution >= 4 is 34.2 Å². The summed E-state index contributed by atoms with van der Waals surface area (Å²) in [5.74, 6) is 0.0687. The number of nitrogens with zero attached hydrogens (tertiary/aromatic N) is 3. The zero-order chi connectivity index (χ0) is 24.7. The van der Waals surface area contributed by atoms with Crippen molar-refractivity contribution in [1.29, 1.82) is 0 Å². The van der Waals surface area contributed by atoms with Gasteiger partial charge in [0.25, 0.3) is 11.8 Å². The van der Waals surface area contributed by atoms with Gasteiger partial charge in [0, 0.05) is 21.4 Å². The molecule has 4 heterocycles. The molecule has 4 aromatic rings. The number of hydrogen-bond acceptors (Lipinski definition) is 7. The van der Waals surface area contributed by atoms with Gasteiger partial charge in [0.15, 0.2) is 17.1 Å². The zero-order valence-electron chi connectivity index (χ0n) is 19.8. The van der Waals surface area contributed by atoms with Crippen molar-refractivity contribution in [2.24, 2.45) is 0 Å². The van der Waals surface area contributed by atoms with Gasteiger partial charge in [-0.05, 0) is 52.0 Å². The Kier molecular flexibility index (Phi) is 5.89. The Hall–Kier alpha value is -3.92. The molecule has 1 atom stereocenters. The van der Waals surface area contributed by atoms with Crippen molar-refractivity contribution in [3.05, 3.63) is 57.9 Å². The summed E-state index contributed by atoms with van der Waals surface area (Å²) < 4.78 is 13.1. The molecular weight excluding hydrogens is 466 g/mol. The highest BCUT2D eigenvalue weighted by Gasteiger charge is 2.28. The number of hydrogen-bond donors (Lipinski definition) is 2. The van der Waals surface area contributed by atoms with E-state index in [1.165, 1.54) is 0 Å². The molecule has 1 aliphatic heterocycles. The van der Waals surface area contributed by atoms with Gasteiger partial charge in [-0.1, -0.05) is 12.1 Å². The van der Waals surface area contributed by atoms with Crippen molar-refractivity contribution in [3.8, 4) is 22.8 Å². The van der Waals surface area contributed by atoms with E-state index in [1.807, 2.05) is 33.8 Å². The van der Waals surface area contributed by atoms with Gasteiger partial charge in [0.05, 0.1) is 22.8 Å². The number of carbonyl (C=O) groups is 2. The fourth-order valence-corrected chi connectivity index (χ4v) is 4.96. The molecule has 35 heavy (non-hydrogen) atoms. The van der Waals surface area contributed by atoms with Crippen LogP contribution in [0.3, 0.4) is 0 Å². The van der Waals surface area contributed by atoms with E-state index in [4.69, 9.17) is 14.5 Å². The molecule has 0 fully saturated rings. The van der Waals surface area contributed by atoms with Crippen LogP contribution in [-0.4, -0.2) is 39.3 Å². The summed E-state index contributed by atoms with van der Waals surface area (Å²) in [6.45, 7) is 8.12. The number of nitrogens with one attached hydrogen (secondary N) is 2. The lowest BCUT2D eigenvalue weighted by Gasteiger charge is -2.25. The van der Waals surface area contributed by atoms with Crippen LogP contribution in [0.2, 0.25) is 0 Å². The molecule has 0 bridgehead atoms. The fraction of sp³-hybridized carbons (Fsp3) is 0.280. The molecule has 9 nitrogen and oxygen atoms in total. The lowest BCUT2D eigenvalue weighted by molar-refractivity contribution is -0.131. The van der Waals surface area contributed by atoms with E-state index < -0.39 is 17.9 Å². The third-order valence-electron chi connectivity index (χ3n) is 5.72. The predicted molar refractivity (Wildman–Crippen MR) is 133 cm³/mol. The third kappa shape index (κ3) is 4.32. The van der Waals surface area contributed by atoms with Crippen LogP contribution in [0.5, 0.6) is 11.5 Å². The zero-order valence-corrected chi connectivity index (χ0v) is 20.6. The molecule has 10 heteroatoms. The molecule has 0 spiro atoms. The number of pyridine rings is 1. The number of fused-ring (bicyclic) bond motifs is 2. The van der Waals surface area contributed by atoms with Crippen molar-refractivity contribution < 1.29 is 19.1 Å². The SMILES string of the molecule is Cc1cc(-c2cc(C(=O)NNC(=O)C3COc4ccccc4O3)c3cnn(C(C)C)c3n2)c(C)s1. The summed E-state index contributed by atoms with van der Waals surface area (Å²) in [5.41, 5.74) is 7.60. The maximum absolute atomic E-state index is 13.2. The monoisotopic (exact) mass is 491 g/mol. The number of carbonyl (C=O) groups excluding carboxylic acids is 2. The van der Waals surface area contributed by atoms with Gasteiger partial charge in [-0.3, -0.25) is 20.4 Å². The first-order valence-electron chi connectivity index (χ1n) is 11.3. The summed E-state index contributed by atoms with van der Waals surface area (Å²) in [6, 6.07) is 11.0. The molecule has 0 saturated carbocycles. The highest BCUT2D eigenvalue weighted by atomic mass is 32.1. The minimum absolute atomic E-state index is 0.0420. The molecule has 180 valence electrons. The second-order valence-electron chi connectivity index (χ2n) is 8.61.